The van der Waals surface area contributed by atoms with Gasteiger partial charge in [0.05, 0.1) is 12.1 Å². The van der Waals surface area contributed by atoms with E-state index >= 15 is 0 Å². The molecule has 2 aromatic rings. The molecule has 146 valence electrons. The molecule has 3 rings (SSSR count). The van der Waals surface area contributed by atoms with Crippen LogP contribution in [-0.2, 0) is 10.3 Å². The highest BCUT2D eigenvalue weighted by atomic mass is 16.5. The molecule has 0 unspecified atom stereocenters. The van der Waals surface area contributed by atoms with Gasteiger partial charge in [0.15, 0.2) is 5.82 Å². The topological polar surface area (TPSA) is 80.0 Å². The number of amides is 1. The predicted molar refractivity (Wildman–Crippen MR) is 106 cm³/mol. The van der Waals surface area contributed by atoms with Crippen LogP contribution in [0, 0.1) is 13.8 Å². The van der Waals surface area contributed by atoms with E-state index in [0.717, 1.165) is 42.5 Å². The molecule has 1 aliphatic rings. The number of aryl methyl sites for hydroxylation is 2. The fraction of sp³-hybridized carbons (Fsp3) is 0.571. The van der Waals surface area contributed by atoms with E-state index < -0.39 is 0 Å². The zero-order chi connectivity index (χ0) is 19.4. The first-order valence-corrected chi connectivity index (χ1v) is 9.86. The molecular formula is C21H30N4O2. The zero-order valence-electron chi connectivity index (χ0n) is 16.8. The van der Waals surface area contributed by atoms with Gasteiger partial charge in [-0.2, -0.15) is 4.98 Å². The summed E-state index contributed by atoms with van der Waals surface area (Å²) in [6.07, 6.45) is 5.23. The van der Waals surface area contributed by atoms with E-state index in [4.69, 9.17) is 4.52 Å². The van der Waals surface area contributed by atoms with Crippen LogP contribution in [-0.4, -0.2) is 22.6 Å². The summed E-state index contributed by atoms with van der Waals surface area (Å²) in [4.78, 5) is 17.2. The molecule has 1 heterocycles. The Morgan fingerprint density at radius 1 is 1.22 bits per heavy atom. The number of carbonyl (C=O) groups excluding carboxylic acids is 1. The van der Waals surface area contributed by atoms with Crippen LogP contribution in [0.25, 0.3) is 0 Å². The maximum Gasteiger partial charge on any atom is 0.238 e. The number of anilines is 1. The lowest BCUT2D eigenvalue weighted by atomic mass is 9.81. The smallest absolute Gasteiger partial charge is 0.238 e. The van der Waals surface area contributed by atoms with Crippen LogP contribution >= 0.6 is 0 Å². The van der Waals surface area contributed by atoms with E-state index in [9.17, 15) is 4.79 Å². The number of hydrogen-bond acceptors (Lipinski definition) is 5. The van der Waals surface area contributed by atoms with Crippen molar-refractivity contribution in [2.75, 3.05) is 11.9 Å². The molecule has 2 N–H and O–H groups in total. The second-order valence-corrected chi connectivity index (χ2v) is 7.88. The number of nitrogens with zero attached hydrogens (tertiary/aromatic N) is 2. The van der Waals surface area contributed by atoms with Gasteiger partial charge < -0.3 is 9.84 Å². The van der Waals surface area contributed by atoms with Crippen LogP contribution in [0.1, 0.15) is 74.7 Å². The van der Waals surface area contributed by atoms with Gasteiger partial charge in [0, 0.05) is 12.6 Å². The summed E-state index contributed by atoms with van der Waals surface area (Å²) in [5.41, 5.74) is 2.78. The minimum atomic E-state index is -0.375. The van der Waals surface area contributed by atoms with E-state index in [1.807, 2.05) is 19.1 Å². The quantitative estimate of drug-likeness (QED) is 0.797. The van der Waals surface area contributed by atoms with Gasteiger partial charge in [0.2, 0.25) is 11.8 Å². The Bertz CT molecular complexity index is 791. The second-order valence-electron chi connectivity index (χ2n) is 7.88. The summed E-state index contributed by atoms with van der Waals surface area (Å²) in [6, 6.07) is 6.14. The molecule has 1 fully saturated rings. The van der Waals surface area contributed by atoms with Crippen LogP contribution in [0.15, 0.2) is 22.7 Å². The molecule has 27 heavy (non-hydrogen) atoms. The maximum absolute atomic E-state index is 12.7. The summed E-state index contributed by atoms with van der Waals surface area (Å²) in [5, 5.41) is 10.7. The first-order valence-electron chi connectivity index (χ1n) is 9.86. The Labute approximate surface area is 161 Å². The van der Waals surface area contributed by atoms with Crippen molar-refractivity contribution in [1.29, 1.82) is 0 Å². The van der Waals surface area contributed by atoms with Gasteiger partial charge in [-0.1, -0.05) is 56.5 Å². The Balaban J connectivity index is 1.72. The second kappa shape index (κ2) is 8.21. The molecule has 1 amide bonds. The lowest BCUT2D eigenvalue weighted by molar-refractivity contribution is -0.115. The van der Waals surface area contributed by atoms with Crippen molar-refractivity contribution >= 4 is 11.6 Å². The molecule has 1 aromatic heterocycles. The summed E-state index contributed by atoms with van der Waals surface area (Å²) in [5.74, 6) is 1.53. The average Bonchev–Trinajstić information content (AvgIpc) is 3.09. The SMILES string of the molecule is Cc1nc(C2(NCC(=O)Nc3c(C)cccc3C(C)C)CCCCC2)no1. The predicted octanol–water partition coefficient (Wildman–Crippen LogP) is 4.20. The van der Waals surface area contributed by atoms with Crippen molar-refractivity contribution in [3.63, 3.8) is 0 Å². The molecule has 1 aliphatic carbocycles. The Morgan fingerprint density at radius 2 is 1.96 bits per heavy atom. The molecule has 1 aromatic carbocycles. The van der Waals surface area contributed by atoms with E-state index in [1.165, 1.54) is 6.42 Å². The number of hydrogen-bond donors (Lipinski definition) is 2. The summed E-state index contributed by atoms with van der Waals surface area (Å²) < 4.78 is 5.20. The van der Waals surface area contributed by atoms with E-state index in [-0.39, 0.29) is 18.0 Å². The van der Waals surface area contributed by atoms with Crippen molar-refractivity contribution in [1.82, 2.24) is 15.5 Å². The lowest BCUT2D eigenvalue weighted by Crippen LogP contribution is -2.48. The third-order valence-corrected chi connectivity index (χ3v) is 5.44. The Hall–Kier alpha value is -2.21. The fourth-order valence-corrected chi connectivity index (χ4v) is 3.90. The van der Waals surface area contributed by atoms with Gasteiger partial charge in [-0.3, -0.25) is 10.1 Å². The van der Waals surface area contributed by atoms with Crippen LogP contribution in [0.4, 0.5) is 5.69 Å². The third-order valence-electron chi connectivity index (χ3n) is 5.44. The van der Waals surface area contributed by atoms with Crippen molar-refractivity contribution in [3.05, 3.63) is 41.0 Å². The zero-order valence-corrected chi connectivity index (χ0v) is 16.8. The number of aromatic nitrogens is 2. The number of rotatable bonds is 6. The molecule has 0 radical (unpaired) electrons. The van der Waals surface area contributed by atoms with Gasteiger partial charge in [0.25, 0.3) is 0 Å². The van der Waals surface area contributed by atoms with Crippen molar-refractivity contribution < 1.29 is 9.32 Å². The standard InChI is InChI=1S/C21H30N4O2/c1-14(2)17-10-8-9-15(3)19(17)24-18(26)13-22-21(11-6-5-7-12-21)20-23-16(4)27-25-20/h8-10,14,22H,5-7,11-13H2,1-4H3,(H,24,26). The lowest BCUT2D eigenvalue weighted by Gasteiger charge is -2.35. The number of para-hydroxylation sites is 1. The first kappa shape index (κ1) is 19.5. The van der Waals surface area contributed by atoms with Gasteiger partial charge in [-0.05, 0) is 36.8 Å². The molecule has 0 bridgehead atoms. The van der Waals surface area contributed by atoms with Crippen LogP contribution in [0.2, 0.25) is 0 Å². The highest BCUT2D eigenvalue weighted by Gasteiger charge is 2.38. The summed E-state index contributed by atoms with van der Waals surface area (Å²) in [7, 11) is 0. The van der Waals surface area contributed by atoms with E-state index in [1.54, 1.807) is 6.92 Å². The summed E-state index contributed by atoms with van der Waals surface area (Å²) in [6.45, 7) is 8.32. The Morgan fingerprint density at radius 3 is 2.59 bits per heavy atom. The highest BCUT2D eigenvalue weighted by molar-refractivity contribution is 5.94. The van der Waals surface area contributed by atoms with Gasteiger partial charge >= 0.3 is 0 Å². The third kappa shape index (κ3) is 4.38. The number of benzene rings is 1. The molecule has 0 atom stereocenters. The molecule has 0 spiro atoms. The molecular weight excluding hydrogens is 340 g/mol. The molecule has 0 aliphatic heterocycles. The normalized spacial score (nSPS) is 16.5. The van der Waals surface area contributed by atoms with Gasteiger partial charge in [-0.25, -0.2) is 0 Å². The average molecular weight is 370 g/mol. The van der Waals surface area contributed by atoms with Gasteiger partial charge in [-0.15, -0.1) is 0 Å². The molecule has 1 saturated carbocycles. The van der Waals surface area contributed by atoms with Crippen LogP contribution in [0.5, 0.6) is 0 Å². The largest absolute Gasteiger partial charge is 0.340 e. The van der Waals surface area contributed by atoms with Crippen LogP contribution in [0.3, 0.4) is 0 Å². The van der Waals surface area contributed by atoms with Crippen molar-refractivity contribution in [2.45, 2.75) is 71.3 Å². The summed E-state index contributed by atoms with van der Waals surface area (Å²) >= 11 is 0. The molecule has 6 nitrogen and oxygen atoms in total. The van der Waals surface area contributed by atoms with Crippen LogP contribution < -0.4 is 10.6 Å². The van der Waals surface area contributed by atoms with E-state index in [2.05, 4.69) is 40.7 Å². The van der Waals surface area contributed by atoms with Crippen molar-refractivity contribution in [3.8, 4) is 0 Å². The monoisotopic (exact) mass is 370 g/mol. The first-order chi connectivity index (χ1) is 12.9. The van der Waals surface area contributed by atoms with E-state index in [0.29, 0.717) is 17.6 Å². The minimum absolute atomic E-state index is 0.0450. The van der Waals surface area contributed by atoms with Gasteiger partial charge in [0.1, 0.15) is 0 Å². The van der Waals surface area contributed by atoms with Crippen molar-refractivity contribution in [2.24, 2.45) is 0 Å². The number of carbonyl (C=O) groups is 1. The molecule has 0 saturated heterocycles. The fourth-order valence-electron chi connectivity index (χ4n) is 3.90. The maximum atomic E-state index is 12.7. The highest BCUT2D eigenvalue weighted by Crippen LogP contribution is 2.35. The molecule has 6 heteroatoms. The minimum Gasteiger partial charge on any atom is -0.340 e. The number of nitrogens with one attached hydrogen (secondary N) is 2. The Kier molecular flexibility index (Phi) is 5.95.